The van der Waals surface area contributed by atoms with Crippen molar-refractivity contribution in [2.45, 2.75) is 25.4 Å². The minimum absolute atomic E-state index is 0.384. The molecule has 0 aromatic heterocycles. The van der Waals surface area contributed by atoms with E-state index in [2.05, 4.69) is 6.58 Å². The Kier molecular flexibility index (Phi) is 4.11. The molecular weight excluding hydrogens is 154 g/mol. The van der Waals surface area contributed by atoms with E-state index in [1.807, 2.05) is 0 Å². The second-order valence-electron chi connectivity index (χ2n) is 3.15. The molecule has 3 heteroatoms. The van der Waals surface area contributed by atoms with Gasteiger partial charge in [-0.1, -0.05) is 6.58 Å². The molecule has 0 aliphatic carbocycles. The third-order valence-corrected chi connectivity index (χ3v) is 1.74. The maximum Gasteiger partial charge on any atom is 0.104 e. The van der Waals surface area contributed by atoms with Crippen LogP contribution in [0.15, 0.2) is 12.3 Å². The number of unbranched alkanes of at least 4 members (excludes halogenated alkanes) is 1. The van der Waals surface area contributed by atoms with Crippen molar-refractivity contribution in [2.75, 3.05) is 19.8 Å². The highest BCUT2D eigenvalue weighted by Crippen LogP contribution is 2.09. The molecule has 0 saturated carbocycles. The minimum Gasteiger partial charge on any atom is -0.403 e. The molecule has 1 saturated heterocycles. The van der Waals surface area contributed by atoms with Crippen LogP contribution in [0, 0.1) is 0 Å². The van der Waals surface area contributed by atoms with Gasteiger partial charge in [0.25, 0.3) is 0 Å². The standard InChI is InChI=1S/C9H17NO2/c1-8(10)4-2-3-5-11-6-9-7-12-9/h9H,1-7,10H2. The van der Waals surface area contributed by atoms with Gasteiger partial charge in [-0.05, 0) is 19.3 Å². The van der Waals surface area contributed by atoms with Gasteiger partial charge in [0.05, 0.1) is 13.2 Å². The summed E-state index contributed by atoms with van der Waals surface area (Å²) in [5, 5.41) is 0. The first-order valence-electron chi connectivity index (χ1n) is 4.41. The number of hydrogen-bond acceptors (Lipinski definition) is 3. The third-order valence-electron chi connectivity index (χ3n) is 1.74. The molecule has 1 heterocycles. The summed E-state index contributed by atoms with van der Waals surface area (Å²) >= 11 is 0. The Bertz CT molecular complexity index is 143. The molecule has 70 valence electrons. The van der Waals surface area contributed by atoms with Gasteiger partial charge >= 0.3 is 0 Å². The number of rotatable bonds is 7. The summed E-state index contributed by atoms with van der Waals surface area (Å²) in [6, 6.07) is 0. The van der Waals surface area contributed by atoms with Crippen molar-refractivity contribution >= 4 is 0 Å². The molecule has 0 aromatic carbocycles. The van der Waals surface area contributed by atoms with E-state index < -0.39 is 0 Å². The molecule has 0 aromatic rings. The molecule has 12 heavy (non-hydrogen) atoms. The van der Waals surface area contributed by atoms with Crippen molar-refractivity contribution in [1.29, 1.82) is 0 Å². The lowest BCUT2D eigenvalue weighted by atomic mass is 10.2. The van der Waals surface area contributed by atoms with Crippen molar-refractivity contribution in [3.05, 3.63) is 12.3 Å². The van der Waals surface area contributed by atoms with Crippen LogP contribution in [-0.2, 0) is 9.47 Å². The average Bonchev–Trinajstić information content (AvgIpc) is 2.79. The maximum absolute atomic E-state index is 5.41. The Morgan fingerprint density at radius 2 is 2.33 bits per heavy atom. The van der Waals surface area contributed by atoms with E-state index in [0.717, 1.165) is 44.8 Å². The number of allylic oxidation sites excluding steroid dienone is 1. The fourth-order valence-corrected chi connectivity index (χ4v) is 0.935. The Balaban J connectivity index is 1.73. The smallest absolute Gasteiger partial charge is 0.104 e. The van der Waals surface area contributed by atoms with Gasteiger partial charge in [-0.2, -0.15) is 0 Å². The number of ether oxygens (including phenoxy) is 2. The molecule has 2 N–H and O–H groups in total. The minimum atomic E-state index is 0.384. The quantitative estimate of drug-likeness (QED) is 0.460. The summed E-state index contributed by atoms with van der Waals surface area (Å²) in [6.07, 6.45) is 3.42. The average molecular weight is 171 g/mol. The summed E-state index contributed by atoms with van der Waals surface area (Å²) in [7, 11) is 0. The summed E-state index contributed by atoms with van der Waals surface area (Å²) < 4.78 is 10.3. The van der Waals surface area contributed by atoms with E-state index in [4.69, 9.17) is 15.2 Å². The van der Waals surface area contributed by atoms with Gasteiger partial charge in [0.2, 0.25) is 0 Å². The topological polar surface area (TPSA) is 47.8 Å². The molecular formula is C9H17NO2. The van der Waals surface area contributed by atoms with Crippen LogP contribution in [0.2, 0.25) is 0 Å². The Morgan fingerprint density at radius 3 is 2.92 bits per heavy atom. The van der Waals surface area contributed by atoms with Crippen LogP contribution in [0.1, 0.15) is 19.3 Å². The van der Waals surface area contributed by atoms with Crippen LogP contribution in [0.25, 0.3) is 0 Å². The van der Waals surface area contributed by atoms with Gasteiger partial charge in [-0.3, -0.25) is 0 Å². The summed E-state index contributed by atoms with van der Waals surface area (Å²) in [4.78, 5) is 0. The van der Waals surface area contributed by atoms with Crippen molar-refractivity contribution in [3.63, 3.8) is 0 Å². The Morgan fingerprint density at radius 1 is 1.58 bits per heavy atom. The second kappa shape index (κ2) is 5.17. The van der Waals surface area contributed by atoms with Crippen LogP contribution in [-0.4, -0.2) is 25.9 Å². The highest BCUT2D eigenvalue weighted by molar-refractivity contribution is 4.84. The summed E-state index contributed by atoms with van der Waals surface area (Å²) in [5.74, 6) is 0. The molecule has 1 unspecified atom stereocenters. The van der Waals surface area contributed by atoms with Crippen molar-refractivity contribution in [3.8, 4) is 0 Å². The highest BCUT2D eigenvalue weighted by Gasteiger charge is 2.21. The molecule has 1 rings (SSSR count). The lowest BCUT2D eigenvalue weighted by Crippen LogP contribution is -2.03. The SMILES string of the molecule is C=C(N)CCCCOCC1CO1. The lowest BCUT2D eigenvalue weighted by molar-refractivity contribution is 0.113. The fourth-order valence-electron chi connectivity index (χ4n) is 0.935. The zero-order valence-corrected chi connectivity index (χ0v) is 7.42. The van der Waals surface area contributed by atoms with Crippen LogP contribution in [0.3, 0.4) is 0 Å². The largest absolute Gasteiger partial charge is 0.403 e. The molecule has 0 amide bonds. The Labute approximate surface area is 73.5 Å². The van der Waals surface area contributed by atoms with Gasteiger partial charge < -0.3 is 15.2 Å². The molecule has 1 fully saturated rings. The van der Waals surface area contributed by atoms with Gasteiger partial charge in [-0.25, -0.2) is 0 Å². The van der Waals surface area contributed by atoms with E-state index in [1.165, 1.54) is 0 Å². The monoisotopic (exact) mass is 171 g/mol. The molecule has 1 aliphatic rings. The first kappa shape index (κ1) is 9.55. The molecule has 3 nitrogen and oxygen atoms in total. The molecule has 0 radical (unpaired) electrons. The maximum atomic E-state index is 5.41. The van der Waals surface area contributed by atoms with Crippen molar-refractivity contribution in [2.24, 2.45) is 5.73 Å². The third kappa shape index (κ3) is 5.16. The first-order valence-corrected chi connectivity index (χ1v) is 4.41. The number of hydrogen-bond donors (Lipinski definition) is 1. The van der Waals surface area contributed by atoms with Crippen LogP contribution in [0.4, 0.5) is 0 Å². The van der Waals surface area contributed by atoms with Gasteiger partial charge in [0.15, 0.2) is 0 Å². The predicted octanol–water partition coefficient (Wildman–Crippen LogP) is 1.04. The Hall–Kier alpha value is -0.540. The van der Waals surface area contributed by atoms with E-state index in [-0.39, 0.29) is 0 Å². The zero-order valence-electron chi connectivity index (χ0n) is 7.42. The van der Waals surface area contributed by atoms with E-state index >= 15 is 0 Å². The highest BCUT2D eigenvalue weighted by atomic mass is 16.6. The second-order valence-corrected chi connectivity index (χ2v) is 3.15. The van der Waals surface area contributed by atoms with Gasteiger partial charge in [-0.15, -0.1) is 0 Å². The van der Waals surface area contributed by atoms with E-state index in [9.17, 15) is 0 Å². The molecule has 1 atom stereocenters. The van der Waals surface area contributed by atoms with Crippen LogP contribution in [0.5, 0.6) is 0 Å². The zero-order chi connectivity index (χ0) is 8.81. The van der Waals surface area contributed by atoms with Gasteiger partial charge in [0.1, 0.15) is 6.10 Å². The number of nitrogens with two attached hydrogens (primary N) is 1. The van der Waals surface area contributed by atoms with Crippen LogP contribution >= 0.6 is 0 Å². The summed E-state index contributed by atoms with van der Waals surface area (Å²) in [5.41, 5.74) is 6.17. The van der Waals surface area contributed by atoms with Crippen LogP contribution < -0.4 is 5.73 Å². The first-order chi connectivity index (χ1) is 5.79. The van der Waals surface area contributed by atoms with Crippen molar-refractivity contribution in [1.82, 2.24) is 0 Å². The van der Waals surface area contributed by atoms with E-state index in [0.29, 0.717) is 6.10 Å². The van der Waals surface area contributed by atoms with Gasteiger partial charge in [0, 0.05) is 12.3 Å². The molecule has 0 spiro atoms. The molecule has 0 bridgehead atoms. The summed E-state index contributed by atoms with van der Waals surface area (Å²) in [6.45, 7) is 6.07. The predicted molar refractivity (Wildman–Crippen MR) is 47.7 cm³/mol. The molecule has 1 aliphatic heterocycles. The fraction of sp³-hybridized carbons (Fsp3) is 0.778. The van der Waals surface area contributed by atoms with Crippen molar-refractivity contribution < 1.29 is 9.47 Å². The lowest BCUT2D eigenvalue weighted by Gasteiger charge is -2.01. The number of epoxide rings is 1. The van der Waals surface area contributed by atoms with E-state index in [1.54, 1.807) is 0 Å². The normalized spacial score (nSPS) is 20.8.